The SMILES string of the molecule is BC1(C)CCCCC(N(C)C2(C)COC2)C(C)C1. The molecular weight excluding hydrogens is 221 g/mol. The molecule has 0 aromatic carbocycles. The van der Waals surface area contributed by atoms with Gasteiger partial charge >= 0.3 is 0 Å². The summed E-state index contributed by atoms with van der Waals surface area (Å²) in [6, 6.07) is 0.735. The Kier molecular flexibility index (Phi) is 4.13. The van der Waals surface area contributed by atoms with Crippen molar-refractivity contribution in [3.8, 4) is 0 Å². The molecule has 2 aliphatic rings. The second-order valence-corrected chi connectivity index (χ2v) is 7.76. The number of rotatable bonds is 2. The van der Waals surface area contributed by atoms with Crippen LogP contribution in [0, 0.1) is 5.92 Å². The Morgan fingerprint density at radius 3 is 2.44 bits per heavy atom. The summed E-state index contributed by atoms with van der Waals surface area (Å²) in [4.78, 5) is 2.63. The molecule has 1 saturated heterocycles. The minimum absolute atomic E-state index is 0.294. The minimum atomic E-state index is 0.294. The molecule has 1 aliphatic carbocycles. The predicted molar refractivity (Wildman–Crippen MR) is 79.9 cm³/mol. The van der Waals surface area contributed by atoms with Crippen LogP contribution in [0.4, 0.5) is 0 Å². The lowest BCUT2D eigenvalue weighted by Gasteiger charge is -2.51. The zero-order valence-corrected chi connectivity index (χ0v) is 13.0. The van der Waals surface area contributed by atoms with Crippen LogP contribution < -0.4 is 0 Å². The van der Waals surface area contributed by atoms with Crippen molar-refractivity contribution in [3.63, 3.8) is 0 Å². The maximum absolute atomic E-state index is 5.44. The Labute approximate surface area is 114 Å². The Bertz CT molecular complexity index is 288. The van der Waals surface area contributed by atoms with E-state index in [4.69, 9.17) is 4.74 Å². The van der Waals surface area contributed by atoms with Crippen LogP contribution in [0.1, 0.15) is 52.9 Å². The normalized spacial score (nSPS) is 40.9. The van der Waals surface area contributed by atoms with Crippen molar-refractivity contribution in [2.45, 2.75) is 69.8 Å². The van der Waals surface area contributed by atoms with Gasteiger partial charge in [0.15, 0.2) is 0 Å². The third-order valence-corrected chi connectivity index (χ3v) is 5.31. The molecule has 3 unspecified atom stereocenters. The van der Waals surface area contributed by atoms with E-state index < -0.39 is 0 Å². The van der Waals surface area contributed by atoms with E-state index in [-0.39, 0.29) is 0 Å². The summed E-state index contributed by atoms with van der Waals surface area (Å²) >= 11 is 0. The molecule has 18 heavy (non-hydrogen) atoms. The van der Waals surface area contributed by atoms with E-state index >= 15 is 0 Å². The Hall–Kier alpha value is -0.0151. The van der Waals surface area contributed by atoms with E-state index in [1.165, 1.54) is 32.1 Å². The molecule has 104 valence electrons. The monoisotopic (exact) mass is 251 g/mol. The summed E-state index contributed by atoms with van der Waals surface area (Å²) < 4.78 is 5.44. The first-order chi connectivity index (χ1) is 8.34. The van der Waals surface area contributed by atoms with Gasteiger partial charge in [0.05, 0.1) is 18.8 Å². The van der Waals surface area contributed by atoms with Crippen LogP contribution >= 0.6 is 0 Å². The molecule has 3 heteroatoms. The van der Waals surface area contributed by atoms with Crippen LogP contribution in [0.3, 0.4) is 0 Å². The molecular formula is C15H30BNO. The van der Waals surface area contributed by atoms with E-state index in [1.54, 1.807) is 0 Å². The second-order valence-electron chi connectivity index (χ2n) is 7.76. The van der Waals surface area contributed by atoms with Crippen LogP contribution in [0.2, 0.25) is 5.31 Å². The van der Waals surface area contributed by atoms with Crippen molar-refractivity contribution < 1.29 is 4.74 Å². The lowest BCUT2D eigenvalue weighted by Crippen LogP contribution is -2.62. The summed E-state index contributed by atoms with van der Waals surface area (Å²) in [6.07, 6.45) is 6.91. The quantitative estimate of drug-likeness (QED) is 0.699. The third-order valence-electron chi connectivity index (χ3n) is 5.31. The first-order valence-corrected chi connectivity index (χ1v) is 7.65. The van der Waals surface area contributed by atoms with Crippen molar-refractivity contribution >= 4 is 7.85 Å². The van der Waals surface area contributed by atoms with Gasteiger partial charge in [0.1, 0.15) is 7.85 Å². The second kappa shape index (κ2) is 5.17. The van der Waals surface area contributed by atoms with Crippen molar-refractivity contribution in [1.82, 2.24) is 4.90 Å². The molecule has 0 spiro atoms. The number of hydrogen-bond donors (Lipinski definition) is 0. The smallest absolute Gasteiger partial charge is 0.109 e. The molecule has 0 radical (unpaired) electrons. The average Bonchev–Trinajstić information content (AvgIpc) is 2.22. The fraction of sp³-hybridized carbons (Fsp3) is 1.00. The molecule has 1 saturated carbocycles. The fourth-order valence-corrected chi connectivity index (χ4v) is 3.93. The summed E-state index contributed by atoms with van der Waals surface area (Å²) in [6.45, 7) is 9.08. The van der Waals surface area contributed by atoms with Gasteiger partial charge in [-0.1, -0.05) is 44.8 Å². The van der Waals surface area contributed by atoms with Crippen molar-refractivity contribution in [2.24, 2.45) is 5.92 Å². The zero-order valence-electron chi connectivity index (χ0n) is 13.0. The van der Waals surface area contributed by atoms with Gasteiger partial charge in [0.25, 0.3) is 0 Å². The number of nitrogens with zero attached hydrogens (tertiary/aromatic N) is 1. The molecule has 1 aliphatic heterocycles. The highest BCUT2D eigenvalue weighted by molar-refractivity contribution is 6.14. The van der Waals surface area contributed by atoms with Gasteiger partial charge in [-0.3, -0.25) is 4.90 Å². The largest absolute Gasteiger partial charge is 0.377 e. The molecule has 0 aromatic heterocycles. The standard InChI is InChI=1S/C15H30BNO/c1-12-9-14(2,16)8-6-5-7-13(12)17(4)15(3)10-18-11-15/h12-13H,5-11,16H2,1-4H3. The molecule has 1 heterocycles. The lowest BCUT2D eigenvalue weighted by molar-refractivity contribution is -0.142. The van der Waals surface area contributed by atoms with Gasteiger partial charge in [-0.2, -0.15) is 0 Å². The molecule has 0 aromatic rings. The number of likely N-dealkylation sites (N-methyl/N-ethyl adjacent to an activating group) is 1. The van der Waals surface area contributed by atoms with Crippen molar-refractivity contribution in [3.05, 3.63) is 0 Å². The predicted octanol–water partition coefficient (Wildman–Crippen LogP) is 2.49. The van der Waals surface area contributed by atoms with E-state index in [9.17, 15) is 0 Å². The Balaban J connectivity index is 2.05. The summed E-state index contributed by atoms with van der Waals surface area (Å²) in [5, 5.41) is 0.524. The summed E-state index contributed by atoms with van der Waals surface area (Å²) in [5.41, 5.74) is 0.294. The zero-order chi connectivity index (χ0) is 13.4. The topological polar surface area (TPSA) is 12.5 Å². The van der Waals surface area contributed by atoms with Gasteiger partial charge in [0.2, 0.25) is 0 Å². The van der Waals surface area contributed by atoms with Crippen LogP contribution in [0.25, 0.3) is 0 Å². The van der Waals surface area contributed by atoms with Crippen LogP contribution in [-0.2, 0) is 4.74 Å². The lowest BCUT2D eigenvalue weighted by atomic mass is 9.60. The van der Waals surface area contributed by atoms with E-state index in [0.717, 1.165) is 25.2 Å². The van der Waals surface area contributed by atoms with Gasteiger partial charge in [-0.05, 0) is 26.3 Å². The van der Waals surface area contributed by atoms with E-state index in [2.05, 4.69) is 40.6 Å². The van der Waals surface area contributed by atoms with Gasteiger partial charge < -0.3 is 4.74 Å². The van der Waals surface area contributed by atoms with E-state index in [0.29, 0.717) is 10.9 Å². The number of ether oxygens (including phenoxy) is 1. The van der Waals surface area contributed by atoms with Crippen molar-refractivity contribution in [1.29, 1.82) is 0 Å². The fourth-order valence-electron chi connectivity index (χ4n) is 3.93. The van der Waals surface area contributed by atoms with Gasteiger partial charge in [0, 0.05) is 6.04 Å². The molecule has 0 N–H and O–H groups in total. The highest BCUT2D eigenvalue weighted by Gasteiger charge is 2.42. The molecule has 2 fully saturated rings. The van der Waals surface area contributed by atoms with Crippen LogP contribution in [0.5, 0.6) is 0 Å². The summed E-state index contributed by atoms with van der Waals surface area (Å²) in [7, 11) is 4.76. The highest BCUT2D eigenvalue weighted by atomic mass is 16.5. The summed E-state index contributed by atoms with van der Waals surface area (Å²) in [5.74, 6) is 0.794. The highest BCUT2D eigenvalue weighted by Crippen LogP contribution is 2.42. The first kappa shape index (κ1) is 14.4. The first-order valence-electron chi connectivity index (χ1n) is 7.65. The Morgan fingerprint density at radius 2 is 1.89 bits per heavy atom. The van der Waals surface area contributed by atoms with Crippen LogP contribution in [0.15, 0.2) is 0 Å². The maximum atomic E-state index is 5.44. The molecule has 0 amide bonds. The van der Waals surface area contributed by atoms with Crippen molar-refractivity contribution in [2.75, 3.05) is 20.3 Å². The average molecular weight is 251 g/mol. The third kappa shape index (κ3) is 2.93. The minimum Gasteiger partial charge on any atom is -0.377 e. The maximum Gasteiger partial charge on any atom is 0.109 e. The molecule has 0 bridgehead atoms. The van der Waals surface area contributed by atoms with Gasteiger partial charge in [-0.15, -0.1) is 0 Å². The van der Waals surface area contributed by atoms with E-state index in [1.807, 2.05) is 0 Å². The Morgan fingerprint density at radius 1 is 1.22 bits per heavy atom. The van der Waals surface area contributed by atoms with Crippen LogP contribution in [-0.4, -0.2) is 44.6 Å². The molecule has 2 rings (SSSR count). The van der Waals surface area contributed by atoms with Gasteiger partial charge in [-0.25, -0.2) is 0 Å². The number of hydrogen-bond acceptors (Lipinski definition) is 2. The molecule has 3 atom stereocenters. The molecule has 2 nitrogen and oxygen atoms in total.